The number of oxime groups is 1. The molecule has 41 heavy (non-hydrogen) atoms. The topological polar surface area (TPSA) is 79.7 Å². The number of urea groups is 1. The lowest BCUT2D eigenvalue weighted by atomic mass is 9.90. The van der Waals surface area contributed by atoms with Crippen molar-refractivity contribution in [3.8, 4) is 5.75 Å². The maximum atomic E-state index is 14.2. The highest BCUT2D eigenvalue weighted by Crippen LogP contribution is 2.37. The van der Waals surface area contributed by atoms with E-state index in [-0.39, 0.29) is 24.8 Å². The van der Waals surface area contributed by atoms with E-state index in [1.54, 1.807) is 13.8 Å². The molecule has 0 atom stereocenters. The summed E-state index contributed by atoms with van der Waals surface area (Å²) in [4.78, 5) is 28.0. The molecule has 4 rings (SSSR count). The van der Waals surface area contributed by atoms with E-state index < -0.39 is 41.0 Å². The second-order valence-electron chi connectivity index (χ2n) is 9.36. The van der Waals surface area contributed by atoms with Crippen LogP contribution >= 0.6 is 0 Å². The van der Waals surface area contributed by atoms with Crippen LogP contribution in [0.2, 0.25) is 0 Å². The van der Waals surface area contributed by atoms with Crippen molar-refractivity contribution in [3.63, 3.8) is 0 Å². The van der Waals surface area contributed by atoms with Gasteiger partial charge in [-0.1, -0.05) is 17.3 Å². The third-order valence-corrected chi connectivity index (χ3v) is 6.50. The molecular weight excluding hydrogens is 559 g/mol. The van der Waals surface area contributed by atoms with Gasteiger partial charge in [0.25, 0.3) is 0 Å². The highest BCUT2D eigenvalue weighted by molar-refractivity contribution is 5.99. The lowest BCUT2D eigenvalue weighted by Gasteiger charge is -2.32. The number of para-hydroxylation sites is 1. The first kappa shape index (κ1) is 29.7. The molecule has 3 aromatic rings. The van der Waals surface area contributed by atoms with Gasteiger partial charge in [0.05, 0.1) is 28.2 Å². The molecule has 2 heterocycles. The molecule has 1 N–H and O–H groups in total. The highest BCUT2D eigenvalue weighted by Gasteiger charge is 2.36. The molecule has 0 unspecified atom stereocenters. The molecule has 2 amide bonds. The van der Waals surface area contributed by atoms with Crippen LogP contribution in [0.5, 0.6) is 5.75 Å². The fourth-order valence-electron chi connectivity index (χ4n) is 4.41. The van der Waals surface area contributed by atoms with Gasteiger partial charge in [0.2, 0.25) is 0 Å². The van der Waals surface area contributed by atoms with E-state index in [4.69, 9.17) is 4.84 Å². The van der Waals surface area contributed by atoms with E-state index in [1.807, 2.05) is 0 Å². The minimum Gasteiger partial charge on any atom is -0.357 e. The van der Waals surface area contributed by atoms with Crippen LogP contribution in [0.1, 0.15) is 53.9 Å². The Hall–Kier alpha value is -4.23. The normalized spacial score (nSPS) is 15.1. The van der Waals surface area contributed by atoms with E-state index in [2.05, 4.69) is 20.4 Å². The third-order valence-electron chi connectivity index (χ3n) is 6.50. The molecule has 0 saturated carbocycles. The summed E-state index contributed by atoms with van der Waals surface area (Å²) in [6.07, 6.45) is -7.13. The largest absolute Gasteiger partial charge is 0.418 e. The Morgan fingerprint density at radius 1 is 1.05 bits per heavy atom. The summed E-state index contributed by atoms with van der Waals surface area (Å²) >= 11 is 0. The van der Waals surface area contributed by atoms with Gasteiger partial charge in [0.15, 0.2) is 5.75 Å². The van der Waals surface area contributed by atoms with Crippen molar-refractivity contribution in [2.75, 3.05) is 18.4 Å². The van der Waals surface area contributed by atoms with Gasteiger partial charge in [0.1, 0.15) is 11.6 Å². The molecule has 0 bridgehead atoms. The summed E-state index contributed by atoms with van der Waals surface area (Å²) in [7, 11) is 0. The average molecular weight is 584 g/mol. The van der Waals surface area contributed by atoms with Crippen LogP contribution in [0.15, 0.2) is 53.8 Å². The number of aromatic nitrogens is 2. The number of nitrogens with one attached hydrogen (secondary N) is 1. The van der Waals surface area contributed by atoms with Gasteiger partial charge >= 0.3 is 18.4 Å². The van der Waals surface area contributed by atoms with Crippen LogP contribution < -0.4 is 10.2 Å². The van der Waals surface area contributed by atoms with Crippen molar-refractivity contribution in [1.29, 1.82) is 0 Å². The number of hydrogen-bond acceptors (Lipinski definition) is 5. The Bertz CT molecular complexity index is 1450. The standard InChI is InChI=1S/C27H24F7N5O2/c1-15(38-41-19-6-3-5-18(13-19)26(29,30)31)20-14-35-16(2)36-23(20)17-9-11-39(12-10-17)25(40)37-24-21(27(32,33)34)7-4-8-22(24)28/h3-8,13-14,17H,9-12H2,1-2H3,(H,37,40). The maximum absolute atomic E-state index is 14.2. The zero-order chi connectivity index (χ0) is 29.9. The second-order valence-corrected chi connectivity index (χ2v) is 9.36. The van der Waals surface area contributed by atoms with Crippen LogP contribution in [0, 0.1) is 12.7 Å². The van der Waals surface area contributed by atoms with Crippen molar-refractivity contribution in [2.24, 2.45) is 5.16 Å². The Morgan fingerprint density at radius 2 is 1.73 bits per heavy atom. The quantitative estimate of drug-likeness (QED) is 0.196. The molecule has 0 spiro atoms. The first-order chi connectivity index (χ1) is 19.2. The van der Waals surface area contributed by atoms with Gasteiger partial charge in [-0.05, 0) is 57.0 Å². The van der Waals surface area contributed by atoms with E-state index in [9.17, 15) is 35.5 Å². The molecule has 1 aromatic heterocycles. The van der Waals surface area contributed by atoms with Crippen molar-refractivity contribution in [1.82, 2.24) is 14.9 Å². The zero-order valence-corrected chi connectivity index (χ0v) is 21.8. The number of benzene rings is 2. The lowest BCUT2D eigenvalue weighted by Crippen LogP contribution is -2.41. The molecule has 1 fully saturated rings. The van der Waals surface area contributed by atoms with E-state index in [0.29, 0.717) is 41.7 Å². The number of carbonyl (C=O) groups excluding carboxylic acids is 1. The van der Waals surface area contributed by atoms with Gasteiger partial charge in [-0.2, -0.15) is 26.3 Å². The number of anilines is 1. The monoisotopic (exact) mass is 583 g/mol. The summed E-state index contributed by atoms with van der Waals surface area (Å²) in [6.45, 7) is 3.55. The minimum atomic E-state index is -4.86. The number of carbonyl (C=O) groups is 1. The number of aryl methyl sites for hydroxylation is 1. The summed E-state index contributed by atoms with van der Waals surface area (Å²) in [5.74, 6) is -1.06. The molecule has 14 heteroatoms. The van der Waals surface area contributed by atoms with Crippen molar-refractivity contribution >= 4 is 17.4 Å². The molecule has 1 aliphatic rings. The van der Waals surface area contributed by atoms with E-state index >= 15 is 0 Å². The van der Waals surface area contributed by atoms with Crippen LogP contribution in [0.4, 0.5) is 41.2 Å². The van der Waals surface area contributed by atoms with Crippen molar-refractivity contribution < 1.29 is 40.4 Å². The van der Waals surface area contributed by atoms with Gasteiger partial charge in [-0.15, -0.1) is 0 Å². The maximum Gasteiger partial charge on any atom is 0.418 e. The van der Waals surface area contributed by atoms with Crippen LogP contribution in [0.3, 0.4) is 0 Å². The molecule has 2 aromatic carbocycles. The number of alkyl halides is 6. The molecule has 0 radical (unpaired) electrons. The number of rotatable bonds is 5. The van der Waals surface area contributed by atoms with Gasteiger partial charge < -0.3 is 15.1 Å². The van der Waals surface area contributed by atoms with Gasteiger partial charge in [-0.25, -0.2) is 19.2 Å². The first-order valence-corrected chi connectivity index (χ1v) is 12.4. The lowest BCUT2D eigenvalue weighted by molar-refractivity contribution is -0.138. The fourth-order valence-corrected chi connectivity index (χ4v) is 4.41. The molecule has 0 aliphatic carbocycles. The Labute approximate surface area is 230 Å². The predicted molar refractivity (Wildman–Crippen MR) is 135 cm³/mol. The Kier molecular flexibility index (Phi) is 8.50. The van der Waals surface area contributed by atoms with Crippen LogP contribution in [0.25, 0.3) is 0 Å². The number of piperidine rings is 1. The smallest absolute Gasteiger partial charge is 0.357 e. The van der Waals surface area contributed by atoms with Crippen molar-refractivity contribution in [2.45, 2.75) is 45.0 Å². The first-order valence-electron chi connectivity index (χ1n) is 12.4. The Morgan fingerprint density at radius 3 is 2.39 bits per heavy atom. The molecule has 1 aliphatic heterocycles. The summed E-state index contributed by atoms with van der Waals surface area (Å²) < 4.78 is 93.1. The van der Waals surface area contributed by atoms with Gasteiger partial charge in [-0.3, -0.25) is 0 Å². The van der Waals surface area contributed by atoms with E-state index in [0.717, 1.165) is 24.3 Å². The molecular formula is C27H24F7N5O2. The molecule has 7 nitrogen and oxygen atoms in total. The SMILES string of the molecule is CC(=NOc1cccc(C(F)(F)F)c1)c1cnc(C)nc1C1CCN(C(=O)Nc2c(F)cccc2C(F)(F)F)CC1. The number of hydrogen-bond donors (Lipinski definition) is 1. The van der Waals surface area contributed by atoms with Gasteiger partial charge in [0, 0.05) is 30.8 Å². The summed E-state index contributed by atoms with van der Waals surface area (Å²) in [5.41, 5.74) is -1.73. The summed E-state index contributed by atoms with van der Waals surface area (Å²) in [5, 5.41) is 6.02. The van der Waals surface area contributed by atoms with E-state index in [1.165, 1.54) is 23.2 Å². The Balaban J connectivity index is 1.47. The predicted octanol–water partition coefficient (Wildman–Crippen LogP) is 7.18. The second kappa shape index (κ2) is 11.7. The average Bonchev–Trinajstić information content (AvgIpc) is 2.92. The zero-order valence-electron chi connectivity index (χ0n) is 21.8. The number of nitrogens with zero attached hydrogens (tertiary/aromatic N) is 4. The third kappa shape index (κ3) is 7.11. The number of halogens is 7. The van der Waals surface area contributed by atoms with Crippen molar-refractivity contribution in [3.05, 3.63) is 82.7 Å². The molecule has 218 valence electrons. The highest BCUT2D eigenvalue weighted by atomic mass is 19.4. The van der Waals surface area contributed by atoms with Crippen LogP contribution in [-0.4, -0.2) is 39.7 Å². The number of amides is 2. The minimum absolute atomic E-state index is 0.114. The van der Waals surface area contributed by atoms with Crippen LogP contribution in [-0.2, 0) is 12.4 Å². The fraction of sp³-hybridized carbons (Fsp3) is 0.333. The number of likely N-dealkylation sites (tertiary alicyclic amines) is 1. The summed E-state index contributed by atoms with van der Waals surface area (Å²) in [6, 6.07) is 5.82. The molecule has 1 saturated heterocycles.